The van der Waals surface area contributed by atoms with Crippen LogP contribution in [0.15, 0.2) is 30.7 Å². The van der Waals surface area contributed by atoms with Crippen LogP contribution in [-0.2, 0) is 4.74 Å². The summed E-state index contributed by atoms with van der Waals surface area (Å²) in [5.74, 6) is 1.13. The van der Waals surface area contributed by atoms with Crippen molar-refractivity contribution in [1.29, 1.82) is 0 Å². The Morgan fingerprint density at radius 1 is 1.40 bits per heavy atom. The number of amides is 2. The highest BCUT2D eigenvalue weighted by Gasteiger charge is 2.21. The number of methoxy groups -OCH3 is 1. The van der Waals surface area contributed by atoms with Crippen LogP contribution >= 0.6 is 0 Å². The predicted molar refractivity (Wildman–Crippen MR) is 95.9 cm³/mol. The van der Waals surface area contributed by atoms with Crippen LogP contribution in [0, 0.1) is 12.8 Å². The lowest BCUT2D eigenvalue weighted by Gasteiger charge is -2.20. The van der Waals surface area contributed by atoms with E-state index in [1.807, 2.05) is 30.2 Å². The Labute approximate surface area is 148 Å². The molecule has 0 spiro atoms. The van der Waals surface area contributed by atoms with Gasteiger partial charge in [0.15, 0.2) is 5.82 Å². The van der Waals surface area contributed by atoms with Crippen LogP contribution in [0.25, 0.3) is 5.69 Å². The van der Waals surface area contributed by atoms with E-state index in [0.717, 1.165) is 50.2 Å². The van der Waals surface area contributed by atoms with Crippen molar-refractivity contribution in [2.75, 3.05) is 32.1 Å². The fourth-order valence-corrected chi connectivity index (χ4v) is 3.16. The number of nitrogens with zero attached hydrogens (tertiary/aromatic N) is 4. The van der Waals surface area contributed by atoms with E-state index in [4.69, 9.17) is 4.74 Å². The lowest BCUT2D eigenvalue weighted by molar-refractivity contribution is 0.144. The van der Waals surface area contributed by atoms with Crippen molar-refractivity contribution in [1.82, 2.24) is 19.7 Å². The molecule has 134 valence electrons. The molecule has 7 nitrogen and oxygen atoms in total. The van der Waals surface area contributed by atoms with Gasteiger partial charge in [-0.3, -0.25) is 10.3 Å². The zero-order chi connectivity index (χ0) is 17.6. The normalized spacial score (nSPS) is 18.0. The summed E-state index contributed by atoms with van der Waals surface area (Å²) < 4.78 is 6.98. The van der Waals surface area contributed by atoms with E-state index < -0.39 is 0 Å². The van der Waals surface area contributed by atoms with Crippen molar-refractivity contribution in [2.45, 2.75) is 26.2 Å². The first-order valence-electron chi connectivity index (χ1n) is 8.69. The molecule has 0 radical (unpaired) electrons. The minimum absolute atomic E-state index is 0.0856. The standard InChI is InChI=1S/C18H25N5O2/c1-14-12-23(16-6-3-8-19-11-16)21-17(14)20-18(24)22-9-4-5-15(7-10-22)13-25-2/h3,6,8,11-12,15H,4-5,7,9-10,13H2,1-2H3,(H,20,21,24). The zero-order valence-corrected chi connectivity index (χ0v) is 14.8. The van der Waals surface area contributed by atoms with Crippen molar-refractivity contribution in [2.24, 2.45) is 5.92 Å². The molecule has 2 aromatic rings. The van der Waals surface area contributed by atoms with Crippen molar-refractivity contribution < 1.29 is 9.53 Å². The zero-order valence-electron chi connectivity index (χ0n) is 14.8. The Kier molecular flexibility index (Phi) is 5.65. The topological polar surface area (TPSA) is 72.3 Å². The van der Waals surface area contributed by atoms with E-state index in [9.17, 15) is 4.79 Å². The van der Waals surface area contributed by atoms with Crippen LogP contribution in [0.3, 0.4) is 0 Å². The van der Waals surface area contributed by atoms with Gasteiger partial charge in [0.2, 0.25) is 0 Å². The number of anilines is 1. The van der Waals surface area contributed by atoms with E-state index in [-0.39, 0.29) is 6.03 Å². The van der Waals surface area contributed by atoms with Crippen molar-refractivity contribution in [3.8, 4) is 5.69 Å². The first-order chi connectivity index (χ1) is 12.2. The van der Waals surface area contributed by atoms with Crippen molar-refractivity contribution >= 4 is 11.8 Å². The van der Waals surface area contributed by atoms with Crippen LogP contribution in [0.2, 0.25) is 0 Å². The number of hydrogen-bond donors (Lipinski definition) is 1. The number of likely N-dealkylation sites (tertiary alicyclic amines) is 1. The maximum Gasteiger partial charge on any atom is 0.323 e. The summed E-state index contributed by atoms with van der Waals surface area (Å²) in [6, 6.07) is 3.70. The summed E-state index contributed by atoms with van der Waals surface area (Å²) in [5.41, 5.74) is 1.78. The van der Waals surface area contributed by atoms with Gasteiger partial charge in [-0.1, -0.05) is 0 Å². The monoisotopic (exact) mass is 343 g/mol. The number of hydrogen-bond acceptors (Lipinski definition) is 4. The van der Waals surface area contributed by atoms with E-state index in [2.05, 4.69) is 15.4 Å². The van der Waals surface area contributed by atoms with Crippen LogP contribution in [0.5, 0.6) is 0 Å². The number of ether oxygens (including phenoxy) is 1. The molecule has 0 bridgehead atoms. The Balaban J connectivity index is 1.64. The van der Waals surface area contributed by atoms with Gasteiger partial charge in [-0.2, -0.15) is 0 Å². The van der Waals surface area contributed by atoms with Crippen LogP contribution in [0.4, 0.5) is 10.6 Å². The number of urea groups is 1. The number of rotatable bonds is 4. The SMILES string of the molecule is COCC1CCCN(C(=O)Nc2nn(-c3cccnc3)cc2C)CC1. The minimum Gasteiger partial charge on any atom is -0.384 e. The van der Waals surface area contributed by atoms with Crippen LogP contribution in [-0.4, -0.2) is 52.5 Å². The maximum atomic E-state index is 12.6. The summed E-state index contributed by atoms with van der Waals surface area (Å²) in [6.07, 6.45) is 8.44. The third-order valence-corrected chi connectivity index (χ3v) is 4.57. The lowest BCUT2D eigenvalue weighted by Crippen LogP contribution is -2.36. The van der Waals surface area contributed by atoms with E-state index >= 15 is 0 Å². The smallest absolute Gasteiger partial charge is 0.323 e. The Morgan fingerprint density at radius 2 is 2.28 bits per heavy atom. The molecule has 2 aromatic heterocycles. The van der Waals surface area contributed by atoms with Crippen molar-refractivity contribution in [3.05, 3.63) is 36.3 Å². The third kappa shape index (κ3) is 4.36. The molecule has 3 heterocycles. The number of carbonyl (C=O) groups excluding carboxylic acids is 1. The molecular weight excluding hydrogens is 318 g/mol. The van der Waals surface area contributed by atoms with Crippen LogP contribution in [0.1, 0.15) is 24.8 Å². The second kappa shape index (κ2) is 8.11. The predicted octanol–water partition coefficient (Wildman–Crippen LogP) is 2.86. The molecule has 25 heavy (non-hydrogen) atoms. The fourth-order valence-electron chi connectivity index (χ4n) is 3.16. The number of pyridine rings is 1. The number of nitrogens with one attached hydrogen (secondary N) is 1. The van der Waals surface area contributed by atoms with Crippen LogP contribution < -0.4 is 5.32 Å². The summed E-state index contributed by atoms with van der Waals surface area (Å²) in [5, 5.41) is 7.43. The summed E-state index contributed by atoms with van der Waals surface area (Å²) in [4.78, 5) is 18.6. The molecule has 1 aliphatic rings. The largest absolute Gasteiger partial charge is 0.384 e. The van der Waals surface area contributed by atoms with Gasteiger partial charge in [-0.25, -0.2) is 9.48 Å². The van der Waals surface area contributed by atoms with Gasteiger partial charge in [-0.15, -0.1) is 5.10 Å². The molecular formula is C18H25N5O2. The van der Waals surface area contributed by atoms with Gasteiger partial charge >= 0.3 is 6.03 Å². The highest BCUT2D eigenvalue weighted by Crippen LogP contribution is 2.20. The van der Waals surface area contributed by atoms with Gasteiger partial charge in [0.1, 0.15) is 0 Å². The summed E-state index contributed by atoms with van der Waals surface area (Å²) >= 11 is 0. The summed E-state index contributed by atoms with van der Waals surface area (Å²) in [7, 11) is 1.73. The first kappa shape index (κ1) is 17.4. The Morgan fingerprint density at radius 3 is 3.04 bits per heavy atom. The summed E-state index contributed by atoms with van der Waals surface area (Å²) in [6.45, 7) is 4.23. The van der Waals surface area contributed by atoms with E-state index in [0.29, 0.717) is 11.7 Å². The second-order valence-corrected chi connectivity index (χ2v) is 6.49. The first-order valence-corrected chi connectivity index (χ1v) is 8.69. The van der Waals surface area contributed by atoms with Gasteiger partial charge in [0.25, 0.3) is 0 Å². The highest BCUT2D eigenvalue weighted by atomic mass is 16.5. The molecule has 0 aliphatic carbocycles. The fraction of sp³-hybridized carbons (Fsp3) is 0.500. The maximum absolute atomic E-state index is 12.6. The lowest BCUT2D eigenvalue weighted by atomic mass is 10.0. The highest BCUT2D eigenvalue weighted by molar-refractivity contribution is 5.89. The molecule has 3 rings (SSSR count). The Hall–Kier alpha value is -2.41. The van der Waals surface area contributed by atoms with Gasteiger partial charge in [-0.05, 0) is 44.2 Å². The molecule has 0 saturated carbocycles. The molecule has 7 heteroatoms. The molecule has 1 N–H and O–H groups in total. The average Bonchev–Trinajstić information content (AvgIpc) is 2.83. The van der Waals surface area contributed by atoms with Gasteiger partial charge in [0, 0.05) is 44.8 Å². The second-order valence-electron chi connectivity index (χ2n) is 6.49. The molecule has 2 amide bonds. The minimum atomic E-state index is -0.0856. The molecule has 1 saturated heterocycles. The number of aryl methyl sites for hydroxylation is 1. The van der Waals surface area contributed by atoms with Gasteiger partial charge in [0.05, 0.1) is 11.9 Å². The average molecular weight is 343 g/mol. The van der Waals surface area contributed by atoms with E-state index in [1.165, 1.54) is 0 Å². The molecule has 1 fully saturated rings. The third-order valence-electron chi connectivity index (χ3n) is 4.57. The molecule has 1 unspecified atom stereocenters. The number of carbonyl (C=O) groups is 1. The molecule has 0 aromatic carbocycles. The number of aromatic nitrogens is 3. The Bertz CT molecular complexity index is 701. The van der Waals surface area contributed by atoms with Crippen molar-refractivity contribution in [3.63, 3.8) is 0 Å². The molecule has 1 aliphatic heterocycles. The van der Waals surface area contributed by atoms with E-state index in [1.54, 1.807) is 24.2 Å². The molecule has 1 atom stereocenters. The van der Waals surface area contributed by atoms with Gasteiger partial charge < -0.3 is 9.64 Å². The quantitative estimate of drug-likeness (QED) is 0.926.